The van der Waals surface area contributed by atoms with Crippen molar-refractivity contribution in [1.29, 1.82) is 0 Å². The van der Waals surface area contributed by atoms with Gasteiger partial charge in [-0.25, -0.2) is 4.98 Å². The minimum Gasteiger partial charge on any atom is -0.328 e. The van der Waals surface area contributed by atoms with Gasteiger partial charge in [0.1, 0.15) is 6.33 Å². The van der Waals surface area contributed by atoms with E-state index in [0.717, 1.165) is 37.8 Å². The van der Waals surface area contributed by atoms with Crippen LogP contribution in [0.1, 0.15) is 36.9 Å². The van der Waals surface area contributed by atoms with E-state index in [4.69, 9.17) is 28.9 Å². The molecule has 128 valence electrons. The highest BCUT2D eigenvalue weighted by Gasteiger charge is 2.21. The molecule has 1 aromatic carbocycles. The minimum absolute atomic E-state index is 0.100. The quantitative estimate of drug-likeness (QED) is 0.896. The molecule has 1 aliphatic rings. The van der Waals surface area contributed by atoms with Gasteiger partial charge in [-0.05, 0) is 57.1 Å². The Morgan fingerprint density at radius 2 is 1.96 bits per heavy atom. The highest BCUT2D eigenvalue weighted by atomic mass is 35.5. The molecule has 0 aliphatic heterocycles. The van der Waals surface area contributed by atoms with Crippen LogP contribution >= 0.6 is 23.2 Å². The Hall–Kier alpha value is -1.36. The zero-order chi connectivity index (χ0) is 17.3. The first-order valence-electron chi connectivity index (χ1n) is 8.24. The summed E-state index contributed by atoms with van der Waals surface area (Å²) < 4.78 is 1.46. The van der Waals surface area contributed by atoms with Crippen molar-refractivity contribution >= 4 is 23.2 Å². The van der Waals surface area contributed by atoms with Crippen molar-refractivity contribution in [1.82, 2.24) is 9.55 Å². The molecule has 0 amide bonds. The van der Waals surface area contributed by atoms with Crippen molar-refractivity contribution in [3.8, 4) is 5.69 Å². The summed E-state index contributed by atoms with van der Waals surface area (Å²) >= 11 is 12.3. The van der Waals surface area contributed by atoms with Gasteiger partial charge >= 0.3 is 0 Å². The lowest BCUT2D eigenvalue weighted by atomic mass is 9.83. The van der Waals surface area contributed by atoms with Crippen LogP contribution in [0.15, 0.2) is 29.3 Å². The average molecular weight is 366 g/mol. The van der Waals surface area contributed by atoms with Gasteiger partial charge in [-0.3, -0.25) is 9.36 Å². The monoisotopic (exact) mass is 365 g/mol. The molecule has 6 heteroatoms. The number of benzene rings is 1. The van der Waals surface area contributed by atoms with Crippen LogP contribution in [0.4, 0.5) is 0 Å². The summed E-state index contributed by atoms with van der Waals surface area (Å²) in [4.78, 5) is 17.3. The van der Waals surface area contributed by atoms with Gasteiger partial charge in [0, 0.05) is 11.6 Å². The molecule has 24 heavy (non-hydrogen) atoms. The molecular formula is C18H21Cl2N3O. The Morgan fingerprint density at radius 3 is 2.67 bits per heavy atom. The molecular weight excluding hydrogens is 345 g/mol. The van der Waals surface area contributed by atoms with E-state index in [1.54, 1.807) is 24.5 Å². The van der Waals surface area contributed by atoms with Crippen molar-refractivity contribution in [2.75, 3.05) is 0 Å². The van der Waals surface area contributed by atoms with Gasteiger partial charge in [-0.1, -0.05) is 29.3 Å². The predicted molar refractivity (Wildman–Crippen MR) is 98.2 cm³/mol. The van der Waals surface area contributed by atoms with Gasteiger partial charge in [0.25, 0.3) is 5.56 Å². The highest BCUT2D eigenvalue weighted by molar-refractivity contribution is 6.43. The van der Waals surface area contributed by atoms with E-state index < -0.39 is 0 Å². The topological polar surface area (TPSA) is 60.9 Å². The van der Waals surface area contributed by atoms with Gasteiger partial charge < -0.3 is 5.73 Å². The minimum atomic E-state index is -0.100. The number of hydrogen-bond donors (Lipinski definition) is 1. The Labute approximate surface area is 151 Å². The van der Waals surface area contributed by atoms with Crippen LogP contribution < -0.4 is 11.3 Å². The summed E-state index contributed by atoms with van der Waals surface area (Å²) in [6.07, 6.45) is 6.70. The number of nitrogens with zero attached hydrogens (tertiary/aromatic N) is 2. The fraction of sp³-hybridized carbons (Fsp3) is 0.444. The predicted octanol–water partition coefficient (Wildman–Crippen LogP) is 3.91. The van der Waals surface area contributed by atoms with Gasteiger partial charge in [-0.15, -0.1) is 0 Å². The van der Waals surface area contributed by atoms with Crippen LogP contribution in [0, 0.1) is 12.8 Å². The molecule has 1 aromatic heterocycles. The first kappa shape index (κ1) is 17.5. The van der Waals surface area contributed by atoms with E-state index in [1.807, 2.05) is 6.92 Å². The Bertz CT molecular complexity index is 795. The largest absolute Gasteiger partial charge is 0.328 e. The molecule has 2 N–H and O–H groups in total. The van der Waals surface area contributed by atoms with E-state index in [1.165, 1.54) is 4.57 Å². The van der Waals surface area contributed by atoms with Crippen molar-refractivity contribution in [3.05, 3.63) is 56.2 Å². The van der Waals surface area contributed by atoms with E-state index >= 15 is 0 Å². The number of aromatic nitrogens is 2. The summed E-state index contributed by atoms with van der Waals surface area (Å²) in [5, 5.41) is 0.776. The van der Waals surface area contributed by atoms with Crippen LogP contribution in [-0.2, 0) is 6.42 Å². The zero-order valence-corrected chi connectivity index (χ0v) is 15.1. The van der Waals surface area contributed by atoms with E-state index in [-0.39, 0.29) is 5.56 Å². The second-order valence-corrected chi connectivity index (χ2v) is 7.33. The third-order valence-electron chi connectivity index (χ3n) is 4.87. The van der Waals surface area contributed by atoms with Crippen molar-refractivity contribution < 1.29 is 0 Å². The summed E-state index contributed by atoms with van der Waals surface area (Å²) in [5.74, 6) is 0.556. The molecule has 1 fully saturated rings. The van der Waals surface area contributed by atoms with Crippen LogP contribution in [0.25, 0.3) is 5.69 Å². The molecule has 4 nitrogen and oxygen atoms in total. The maximum Gasteiger partial charge on any atom is 0.261 e. The number of rotatable bonds is 3. The lowest BCUT2D eigenvalue weighted by Gasteiger charge is -2.26. The molecule has 0 atom stereocenters. The summed E-state index contributed by atoms with van der Waals surface area (Å²) in [6.45, 7) is 1.83. The number of halogens is 2. The molecule has 0 unspecified atom stereocenters. The molecule has 0 spiro atoms. The van der Waals surface area contributed by atoms with E-state index in [9.17, 15) is 4.79 Å². The second kappa shape index (κ2) is 7.26. The smallest absolute Gasteiger partial charge is 0.261 e. The van der Waals surface area contributed by atoms with E-state index in [2.05, 4.69) is 4.98 Å². The molecule has 0 radical (unpaired) electrons. The number of nitrogens with two attached hydrogens (primary N) is 1. The summed E-state index contributed by atoms with van der Waals surface area (Å²) in [5.41, 5.74) is 7.96. The van der Waals surface area contributed by atoms with Gasteiger partial charge in [0.15, 0.2) is 0 Å². The average Bonchev–Trinajstić information content (AvgIpc) is 2.57. The highest BCUT2D eigenvalue weighted by Crippen LogP contribution is 2.28. The molecule has 0 saturated heterocycles. The molecule has 1 saturated carbocycles. The van der Waals surface area contributed by atoms with Crippen LogP contribution in [0.2, 0.25) is 10.0 Å². The Kier molecular flexibility index (Phi) is 5.28. The molecule has 2 aromatic rings. The molecule has 1 heterocycles. The van der Waals surface area contributed by atoms with Gasteiger partial charge in [0.2, 0.25) is 0 Å². The molecule has 3 rings (SSSR count). The molecule has 0 bridgehead atoms. The zero-order valence-electron chi connectivity index (χ0n) is 13.6. The maximum atomic E-state index is 12.7. The van der Waals surface area contributed by atoms with Crippen molar-refractivity contribution in [2.24, 2.45) is 11.7 Å². The third kappa shape index (κ3) is 3.51. The summed E-state index contributed by atoms with van der Waals surface area (Å²) in [6, 6.07) is 5.55. The Morgan fingerprint density at radius 1 is 1.25 bits per heavy atom. The van der Waals surface area contributed by atoms with Crippen LogP contribution in [0.5, 0.6) is 0 Å². The van der Waals surface area contributed by atoms with Crippen LogP contribution in [0.3, 0.4) is 0 Å². The lowest BCUT2D eigenvalue weighted by Crippen LogP contribution is -2.29. The lowest BCUT2D eigenvalue weighted by molar-refractivity contribution is 0.322. The SMILES string of the molecule is Cc1c(C[C@H]2CC[C@@H](N)CC2)ncn(-c2cccc(Cl)c2Cl)c1=O. The summed E-state index contributed by atoms with van der Waals surface area (Å²) in [7, 11) is 0. The van der Waals surface area contributed by atoms with Gasteiger partial charge in [0.05, 0.1) is 21.4 Å². The second-order valence-electron chi connectivity index (χ2n) is 6.55. The first-order chi connectivity index (χ1) is 11.5. The standard InChI is InChI=1S/C18H21Cl2N3O/c1-11-15(9-12-5-7-13(21)8-6-12)22-10-23(18(11)24)16-4-2-3-14(19)17(16)20/h2-4,10,12-13H,5-9,21H2,1H3/t12-,13+. The van der Waals surface area contributed by atoms with Crippen molar-refractivity contribution in [2.45, 2.75) is 45.1 Å². The third-order valence-corrected chi connectivity index (χ3v) is 5.67. The van der Waals surface area contributed by atoms with Crippen molar-refractivity contribution in [3.63, 3.8) is 0 Å². The fourth-order valence-corrected chi connectivity index (χ4v) is 3.69. The Balaban J connectivity index is 1.89. The van der Waals surface area contributed by atoms with Crippen LogP contribution in [-0.4, -0.2) is 15.6 Å². The van der Waals surface area contributed by atoms with Gasteiger partial charge in [-0.2, -0.15) is 0 Å². The number of hydrogen-bond acceptors (Lipinski definition) is 3. The normalized spacial score (nSPS) is 21.0. The fourth-order valence-electron chi connectivity index (χ4n) is 3.30. The van der Waals surface area contributed by atoms with E-state index in [0.29, 0.717) is 33.3 Å². The maximum absolute atomic E-state index is 12.7. The first-order valence-corrected chi connectivity index (χ1v) is 9.00. The molecule has 1 aliphatic carbocycles.